The number of aliphatic hydroxyl groups is 4. The number of aromatic carboxylic acids is 1. The molecule has 23 nitrogen and oxygen atoms in total. The van der Waals surface area contributed by atoms with Crippen molar-refractivity contribution in [1.29, 1.82) is 0 Å². The zero-order chi connectivity index (χ0) is 57.8. The monoisotopic (exact) mass is 1110 g/mol. The lowest BCUT2D eigenvalue weighted by atomic mass is 9.72. The summed E-state index contributed by atoms with van der Waals surface area (Å²) >= 11 is 0. The number of hydrogen-bond donors (Lipinski definition) is 6. The molecule has 4 aliphatic heterocycles. The van der Waals surface area contributed by atoms with E-state index in [1.807, 2.05) is 32.0 Å². The first kappa shape index (κ1) is 62.9. The van der Waals surface area contributed by atoms with E-state index in [1.165, 1.54) is 27.2 Å². The fourth-order valence-electron chi connectivity index (χ4n) is 12.3. The third-order valence-electron chi connectivity index (χ3n) is 16.7. The predicted molar refractivity (Wildman–Crippen MR) is 282 cm³/mol. The standard InChI is InChI=1S/C55H86N4O19/c1-14-39-55(10,68)46(62)30(4)41(57-69)28(2)23-53(8,67)47(77-51-44(61)38(58(11)12)20-29(3)73-51)31(5)45(32(6)50(65)75-39)76-40-24-54(9,70-13)48(33(7)74-40)78-52(66)56-17-19-71-18-15-16-34-21-35-26-72-27-59-25-37(49(63)64)43(60)36(22-34)42(35)59/h21-22,25,28-33,38-41,44-48,51,61-62,67-68H,14-20,23-24,26-27H2,1-13H3,(H,56,66)(H,63,64)/t28-,29-,30+,31+,32-,33+,38+,39-,40+,41?,44-,45+,46-,47-,48+,51?,53-,54-,55-/m1/s1. The van der Waals surface area contributed by atoms with Crippen LogP contribution in [0.2, 0.25) is 0 Å². The number of carbonyl (C=O) groups is 3. The largest absolute Gasteiger partial charge is 0.477 e. The van der Waals surface area contributed by atoms with Gasteiger partial charge >= 0.3 is 18.0 Å². The molecule has 1 amide bonds. The number of nitroso groups, excluding NO2 is 1. The maximum atomic E-state index is 14.5. The molecular formula is C55H86N4O19. The lowest BCUT2D eigenvalue weighted by Gasteiger charge is -2.49. The summed E-state index contributed by atoms with van der Waals surface area (Å²) in [5.74, 6) is -5.91. The number of methoxy groups -OCH3 is 1. The zero-order valence-corrected chi connectivity index (χ0v) is 47.5. The average molecular weight is 1110 g/mol. The highest BCUT2D eigenvalue weighted by Crippen LogP contribution is 2.42. The van der Waals surface area contributed by atoms with Crippen molar-refractivity contribution in [2.45, 2.75) is 211 Å². The molecule has 3 fully saturated rings. The van der Waals surface area contributed by atoms with Gasteiger partial charge in [-0.25, -0.2) is 9.59 Å². The number of carbonyl (C=O) groups excluding carboxylic acids is 2. The Bertz CT molecular complexity index is 2450. The van der Waals surface area contributed by atoms with Gasteiger partial charge in [-0.2, -0.15) is 4.91 Å². The molecule has 78 heavy (non-hydrogen) atoms. The molecule has 0 saturated carbocycles. The molecule has 440 valence electrons. The molecule has 6 rings (SSSR count). The van der Waals surface area contributed by atoms with Crippen LogP contribution in [0.5, 0.6) is 0 Å². The maximum absolute atomic E-state index is 14.5. The number of pyridine rings is 1. The molecule has 2 aromatic rings. The van der Waals surface area contributed by atoms with E-state index in [4.69, 9.17) is 42.6 Å². The third kappa shape index (κ3) is 13.9. The molecule has 2 unspecified atom stereocenters. The third-order valence-corrected chi connectivity index (χ3v) is 16.7. The first-order chi connectivity index (χ1) is 36.6. The van der Waals surface area contributed by atoms with E-state index in [9.17, 15) is 49.6 Å². The molecule has 19 atom stereocenters. The summed E-state index contributed by atoms with van der Waals surface area (Å²) in [5, 5.41) is 64.0. The Morgan fingerprint density at radius 2 is 1.67 bits per heavy atom. The molecule has 0 spiro atoms. The topological polar surface area (TPSA) is 302 Å². The number of cyclic esters (lactones) is 1. The Balaban J connectivity index is 1.16. The summed E-state index contributed by atoms with van der Waals surface area (Å²) in [5.41, 5.74) is -3.72. The number of ether oxygens (including phenoxy) is 9. The van der Waals surface area contributed by atoms with Gasteiger partial charge in [-0.15, -0.1) is 0 Å². The lowest BCUT2D eigenvalue weighted by molar-refractivity contribution is -0.318. The van der Waals surface area contributed by atoms with E-state index in [-0.39, 0.29) is 56.9 Å². The van der Waals surface area contributed by atoms with Gasteiger partial charge in [-0.3, -0.25) is 9.59 Å². The number of aryl methyl sites for hydroxylation is 1. The van der Waals surface area contributed by atoms with Crippen LogP contribution in [-0.4, -0.2) is 184 Å². The Morgan fingerprint density at radius 3 is 2.31 bits per heavy atom. The Morgan fingerprint density at radius 1 is 0.962 bits per heavy atom. The van der Waals surface area contributed by atoms with Crippen LogP contribution < -0.4 is 10.7 Å². The minimum Gasteiger partial charge on any atom is -0.477 e. The number of hydrogen-bond acceptors (Lipinski definition) is 20. The van der Waals surface area contributed by atoms with Crippen molar-refractivity contribution in [2.75, 3.05) is 41.0 Å². The Labute approximate surface area is 456 Å². The first-order valence-corrected chi connectivity index (χ1v) is 27.3. The van der Waals surface area contributed by atoms with Gasteiger partial charge in [0.1, 0.15) is 35.7 Å². The molecule has 0 bridgehead atoms. The number of nitrogens with zero attached hydrogens (tertiary/aromatic N) is 3. The summed E-state index contributed by atoms with van der Waals surface area (Å²) in [6.45, 7) is 17.4. The summed E-state index contributed by atoms with van der Waals surface area (Å²) < 4.78 is 57.4. The van der Waals surface area contributed by atoms with Crippen LogP contribution in [0.15, 0.2) is 28.3 Å². The van der Waals surface area contributed by atoms with Gasteiger partial charge in [0.2, 0.25) is 5.43 Å². The number of carboxylic acids is 1. The van der Waals surface area contributed by atoms with E-state index in [0.717, 1.165) is 11.1 Å². The summed E-state index contributed by atoms with van der Waals surface area (Å²) in [6.07, 6.45) is -9.05. The number of amides is 1. The molecule has 0 aliphatic carbocycles. The van der Waals surface area contributed by atoms with Crippen LogP contribution in [0.4, 0.5) is 4.79 Å². The molecule has 0 radical (unpaired) electrons. The van der Waals surface area contributed by atoms with Gasteiger partial charge < -0.3 is 82.9 Å². The quantitative estimate of drug-likeness (QED) is 0.0733. The van der Waals surface area contributed by atoms with Crippen LogP contribution in [0, 0.1) is 28.6 Å². The highest BCUT2D eigenvalue weighted by molar-refractivity contribution is 5.93. The number of carboxylic acid groups (broad SMARTS) is 1. The number of aliphatic hydroxyl groups excluding tert-OH is 2. The molecule has 5 heterocycles. The Hall–Kier alpha value is -4.24. The van der Waals surface area contributed by atoms with Crippen LogP contribution in [0.25, 0.3) is 10.9 Å². The van der Waals surface area contributed by atoms with Gasteiger partial charge in [0.15, 0.2) is 18.7 Å². The van der Waals surface area contributed by atoms with E-state index in [1.54, 1.807) is 59.1 Å². The average Bonchev–Trinajstić information content (AvgIpc) is 3.38. The molecule has 6 N–H and O–H groups in total. The number of alkyl carbamates (subject to hydrolysis) is 1. The zero-order valence-electron chi connectivity index (χ0n) is 47.5. The number of esters is 1. The van der Waals surface area contributed by atoms with Crippen molar-refractivity contribution in [3.05, 3.63) is 50.2 Å². The van der Waals surface area contributed by atoms with Crippen LogP contribution in [-0.2, 0) is 67.2 Å². The smallest absolute Gasteiger partial charge is 0.407 e. The minimum absolute atomic E-state index is 0.0308. The maximum Gasteiger partial charge on any atom is 0.407 e. The van der Waals surface area contributed by atoms with Crippen molar-refractivity contribution >= 4 is 28.9 Å². The van der Waals surface area contributed by atoms with Crippen molar-refractivity contribution < 1.29 is 82.5 Å². The fraction of sp³-hybridized carbons (Fsp3) is 0.782. The van der Waals surface area contributed by atoms with Crippen LogP contribution in [0.3, 0.4) is 0 Å². The molecule has 23 heteroatoms. The number of benzene rings is 1. The van der Waals surface area contributed by atoms with E-state index in [2.05, 4.69) is 10.5 Å². The number of likely N-dealkylation sites (N-methyl/N-ethyl adjacent to an activating group) is 1. The SMILES string of the molecule is CC[C@H]1OC(=O)[C@H](C)[C@@H](O[C@H]2C[C@@](C)(OC)[C@@H](OC(=O)NCCOCCCc3cc4c5c(c3)c(=O)c(C(=O)O)cn5COC4)[C@H](C)O2)[C@H](C)[C@@H](OC2O[C@H](C)C[C@H](N(C)C)[C@H]2O)[C@](C)(O)C[C@@H](C)C(N=O)[C@H](C)[C@@H](O)[C@]1(C)O. The minimum atomic E-state index is -2.04. The fourth-order valence-corrected chi connectivity index (χ4v) is 12.3. The number of aromatic nitrogens is 1. The van der Waals surface area contributed by atoms with Crippen LogP contribution >= 0.6 is 0 Å². The second-order valence-corrected chi connectivity index (χ2v) is 23.1. The summed E-state index contributed by atoms with van der Waals surface area (Å²) in [7, 11) is 5.12. The van der Waals surface area contributed by atoms with Crippen molar-refractivity contribution in [1.82, 2.24) is 14.8 Å². The van der Waals surface area contributed by atoms with Gasteiger partial charge in [-0.05, 0) is 105 Å². The number of rotatable bonds is 17. The van der Waals surface area contributed by atoms with Crippen molar-refractivity contribution in [3.63, 3.8) is 0 Å². The second-order valence-electron chi connectivity index (χ2n) is 23.1. The van der Waals surface area contributed by atoms with E-state index < -0.39 is 125 Å². The lowest BCUT2D eigenvalue weighted by Crippen LogP contribution is -2.61. The molecule has 3 saturated heterocycles. The van der Waals surface area contributed by atoms with Gasteiger partial charge in [0.25, 0.3) is 0 Å². The predicted octanol–water partition coefficient (Wildman–Crippen LogP) is 4.24. The highest BCUT2D eigenvalue weighted by atomic mass is 16.7. The van der Waals surface area contributed by atoms with Gasteiger partial charge in [-0.1, -0.05) is 38.9 Å². The summed E-state index contributed by atoms with van der Waals surface area (Å²) in [6, 6.07) is 2.14. The first-order valence-electron chi connectivity index (χ1n) is 27.3. The van der Waals surface area contributed by atoms with Gasteiger partial charge in [0, 0.05) is 61.7 Å². The molecule has 4 aliphatic rings. The summed E-state index contributed by atoms with van der Waals surface area (Å²) in [4.78, 5) is 67.2. The van der Waals surface area contributed by atoms with E-state index >= 15 is 0 Å². The van der Waals surface area contributed by atoms with Crippen molar-refractivity contribution in [2.24, 2.45) is 28.8 Å². The Kier molecular flexibility index (Phi) is 21.1. The highest BCUT2D eigenvalue weighted by Gasteiger charge is 2.55. The van der Waals surface area contributed by atoms with Gasteiger partial charge in [0.05, 0.1) is 66.8 Å². The molecule has 1 aromatic heterocycles. The van der Waals surface area contributed by atoms with Crippen LogP contribution in [0.1, 0.15) is 123 Å². The van der Waals surface area contributed by atoms with Crippen molar-refractivity contribution in [3.8, 4) is 0 Å². The number of nitrogens with one attached hydrogen (secondary N) is 1. The normalized spacial score (nSPS) is 38.1. The molecular weight excluding hydrogens is 1020 g/mol. The second kappa shape index (κ2) is 26.1. The van der Waals surface area contributed by atoms with E-state index in [0.29, 0.717) is 43.4 Å². The molecule has 1 aromatic carbocycles.